The molecular formula is C21H23N5O. The van der Waals surface area contributed by atoms with Crippen LogP contribution in [0.4, 0.5) is 0 Å². The maximum Gasteiger partial charge on any atom is 0.326 e. The average Bonchev–Trinajstić information content (AvgIpc) is 3.29. The van der Waals surface area contributed by atoms with Gasteiger partial charge in [-0.1, -0.05) is 18.2 Å². The van der Waals surface area contributed by atoms with Gasteiger partial charge >= 0.3 is 5.69 Å². The maximum absolute atomic E-state index is 12.4. The number of likely N-dealkylation sites (tertiary alicyclic amines) is 1. The fraction of sp³-hybridized carbons (Fsp3) is 0.333. The van der Waals surface area contributed by atoms with Crippen LogP contribution in [-0.4, -0.2) is 44.1 Å². The highest BCUT2D eigenvalue weighted by Gasteiger charge is 2.23. The Hall–Kier alpha value is -2.86. The topological polar surface area (TPSA) is 69.7 Å². The van der Waals surface area contributed by atoms with Crippen molar-refractivity contribution in [3.8, 4) is 0 Å². The maximum atomic E-state index is 12.4. The third kappa shape index (κ3) is 3.06. The van der Waals surface area contributed by atoms with Gasteiger partial charge < -0.3 is 14.9 Å². The highest BCUT2D eigenvalue weighted by Crippen LogP contribution is 2.25. The molecule has 6 nitrogen and oxygen atoms in total. The van der Waals surface area contributed by atoms with Crippen molar-refractivity contribution in [1.82, 2.24) is 24.4 Å². The van der Waals surface area contributed by atoms with Gasteiger partial charge in [-0.15, -0.1) is 0 Å². The first-order chi connectivity index (χ1) is 13.3. The lowest BCUT2D eigenvalue weighted by Crippen LogP contribution is -2.37. The van der Waals surface area contributed by atoms with Gasteiger partial charge in [0.2, 0.25) is 0 Å². The molecule has 6 heteroatoms. The van der Waals surface area contributed by atoms with E-state index < -0.39 is 0 Å². The van der Waals surface area contributed by atoms with E-state index in [1.54, 1.807) is 6.33 Å². The molecule has 0 unspecified atom stereocenters. The molecule has 0 aliphatic carbocycles. The standard InChI is InChI=1S/C21H23N5O/c27-21-24-18-3-1-2-4-20(18)26(21)16-8-11-25(12-9-16)10-7-15-5-6-17-19(13-15)23-14-22-17/h1-6,13-14,16H,7-12H2,(H,22,23)(H,24,27). The predicted molar refractivity (Wildman–Crippen MR) is 107 cm³/mol. The van der Waals surface area contributed by atoms with Crippen molar-refractivity contribution in [2.24, 2.45) is 0 Å². The molecule has 0 radical (unpaired) electrons. The van der Waals surface area contributed by atoms with Gasteiger partial charge in [0, 0.05) is 25.7 Å². The first-order valence-electron chi connectivity index (χ1n) is 9.61. The lowest BCUT2D eigenvalue weighted by atomic mass is 10.0. The number of para-hydroxylation sites is 2. The van der Waals surface area contributed by atoms with Gasteiger partial charge in [0.25, 0.3) is 0 Å². The van der Waals surface area contributed by atoms with E-state index in [4.69, 9.17) is 0 Å². The summed E-state index contributed by atoms with van der Waals surface area (Å²) in [6, 6.07) is 14.7. The monoisotopic (exact) mass is 361 g/mol. The van der Waals surface area contributed by atoms with Crippen LogP contribution in [0.15, 0.2) is 53.6 Å². The van der Waals surface area contributed by atoms with E-state index in [1.807, 2.05) is 28.8 Å². The average molecular weight is 361 g/mol. The zero-order valence-electron chi connectivity index (χ0n) is 15.2. The molecule has 1 aliphatic heterocycles. The number of rotatable bonds is 4. The van der Waals surface area contributed by atoms with Crippen LogP contribution in [0, 0.1) is 0 Å². The number of hydrogen-bond donors (Lipinski definition) is 2. The zero-order valence-corrected chi connectivity index (χ0v) is 15.2. The number of piperidine rings is 1. The van der Waals surface area contributed by atoms with Crippen molar-refractivity contribution in [3.05, 3.63) is 64.8 Å². The van der Waals surface area contributed by atoms with Gasteiger partial charge in [-0.2, -0.15) is 0 Å². The summed E-state index contributed by atoms with van der Waals surface area (Å²) < 4.78 is 1.96. The van der Waals surface area contributed by atoms with E-state index in [9.17, 15) is 4.79 Å². The zero-order chi connectivity index (χ0) is 18.2. The van der Waals surface area contributed by atoms with E-state index in [-0.39, 0.29) is 11.7 Å². The summed E-state index contributed by atoms with van der Waals surface area (Å²) in [7, 11) is 0. The SMILES string of the molecule is O=c1[nH]c2ccccc2n1C1CCN(CCc2ccc3nc[nH]c3c2)CC1. The van der Waals surface area contributed by atoms with Gasteiger partial charge in [0.05, 0.1) is 28.4 Å². The molecular weight excluding hydrogens is 338 g/mol. The molecule has 5 rings (SSSR count). The van der Waals surface area contributed by atoms with Gasteiger partial charge in [0.15, 0.2) is 0 Å². The van der Waals surface area contributed by atoms with Crippen molar-refractivity contribution in [2.75, 3.05) is 19.6 Å². The molecule has 3 heterocycles. The molecule has 2 aromatic carbocycles. The van der Waals surface area contributed by atoms with Gasteiger partial charge in [-0.05, 0) is 49.1 Å². The second-order valence-electron chi connectivity index (χ2n) is 7.39. The minimum Gasteiger partial charge on any atom is -0.345 e. The number of benzene rings is 2. The Morgan fingerprint density at radius 3 is 2.81 bits per heavy atom. The Bertz CT molecular complexity index is 1130. The van der Waals surface area contributed by atoms with Crippen molar-refractivity contribution in [1.29, 1.82) is 0 Å². The first kappa shape index (κ1) is 16.3. The number of nitrogens with one attached hydrogen (secondary N) is 2. The number of imidazole rings is 2. The van der Waals surface area contributed by atoms with Crippen LogP contribution < -0.4 is 5.69 Å². The van der Waals surface area contributed by atoms with E-state index in [2.05, 4.69) is 38.1 Å². The highest BCUT2D eigenvalue weighted by molar-refractivity contribution is 5.75. The second-order valence-corrected chi connectivity index (χ2v) is 7.39. The predicted octanol–water partition coefficient (Wildman–Crippen LogP) is 3.09. The summed E-state index contributed by atoms with van der Waals surface area (Å²) in [6.07, 6.45) is 4.81. The molecule has 1 fully saturated rings. The summed E-state index contributed by atoms with van der Waals surface area (Å²) in [5, 5.41) is 0. The molecule has 2 N–H and O–H groups in total. The van der Waals surface area contributed by atoms with Crippen LogP contribution in [0.3, 0.4) is 0 Å². The summed E-state index contributed by atoms with van der Waals surface area (Å²) in [5.74, 6) is 0. The van der Waals surface area contributed by atoms with E-state index in [0.717, 1.165) is 61.0 Å². The van der Waals surface area contributed by atoms with Gasteiger partial charge in [-0.25, -0.2) is 9.78 Å². The van der Waals surface area contributed by atoms with Crippen molar-refractivity contribution in [2.45, 2.75) is 25.3 Å². The quantitative estimate of drug-likeness (QED) is 0.587. The summed E-state index contributed by atoms with van der Waals surface area (Å²) in [4.78, 5) is 25.3. The minimum atomic E-state index is 0.0162. The van der Waals surface area contributed by atoms with Crippen molar-refractivity contribution >= 4 is 22.1 Å². The van der Waals surface area contributed by atoms with Gasteiger partial charge in [-0.3, -0.25) is 4.57 Å². The number of fused-ring (bicyclic) bond motifs is 2. The van der Waals surface area contributed by atoms with Crippen LogP contribution in [0.2, 0.25) is 0 Å². The molecule has 0 amide bonds. The molecule has 27 heavy (non-hydrogen) atoms. The molecule has 1 saturated heterocycles. The van der Waals surface area contributed by atoms with Crippen LogP contribution >= 0.6 is 0 Å². The van der Waals surface area contributed by atoms with Crippen LogP contribution in [0.25, 0.3) is 22.1 Å². The first-order valence-corrected chi connectivity index (χ1v) is 9.61. The molecule has 4 aromatic rings. The fourth-order valence-electron chi connectivity index (χ4n) is 4.26. The third-order valence-electron chi connectivity index (χ3n) is 5.75. The fourth-order valence-corrected chi connectivity index (χ4v) is 4.26. The summed E-state index contributed by atoms with van der Waals surface area (Å²) in [6.45, 7) is 3.11. The Morgan fingerprint density at radius 2 is 1.93 bits per heavy atom. The van der Waals surface area contributed by atoms with Crippen molar-refractivity contribution in [3.63, 3.8) is 0 Å². The lowest BCUT2D eigenvalue weighted by Gasteiger charge is -2.32. The number of H-pyrrole nitrogens is 2. The van der Waals surface area contributed by atoms with Crippen LogP contribution in [-0.2, 0) is 6.42 Å². The normalized spacial score (nSPS) is 16.4. The summed E-state index contributed by atoms with van der Waals surface area (Å²) in [5.41, 5.74) is 5.42. The smallest absolute Gasteiger partial charge is 0.326 e. The Balaban J connectivity index is 1.23. The van der Waals surface area contributed by atoms with E-state index >= 15 is 0 Å². The molecule has 0 atom stereocenters. The number of nitrogens with zero attached hydrogens (tertiary/aromatic N) is 3. The molecule has 0 saturated carbocycles. The third-order valence-corrected chi connectivity index (χ3v) is 5.75. The van der Waals surface area contributed by atoms with Gasteiger partial charge in [0.1, 0.15) is 0 Å². The second kappa shape index (κ2) is 6.70. The Labute approximate surface area is 156 Å². The molecule has 138 valence electrons. The number of aromatic nitrogens is 4. The van der Waals surface area contributed by atoms with Crippen LogP contribution in [0.1, 0.15) is 24.4 Å². The Morgan fingerprint density at radius 1 is 1.07 bits per heavy atom. The Kier molecular flexibility index (Phi) is 4.05. The lowest BCUT2D eigenvalue weighted by molar-refractivity contribution is 0.188. The van der Waals surface area contributed by atoms with Crippen molar-refractivity contribution < 1.29 is 0 Å². The molecule has 0 bridgehead atoms. The minimum absolute atomic E-state index is 0.0162. The van der Waals surface area contributed by atoms with E-state index in [1.165, 1.54) is 5.56 Å². The number of hydrogen-bond acceptors (Lipinski definition) is 3. The number of aromatic amines is 2. The molecule has 0 spiro atoms. The van der Waals surface area contributed by atoms with E-state index in [0.29, 0.717) is 0 Å². The molecule has 1 aliphatic rings. The largest absolute Gasteiger partial charge is 0.345 e. The molecule has 2 aromatic heterocycles. The highest BCUT2D eigenvalue weighted by atomic mass is 16.1. The van der Waals surface area contributed by atoms with Crippen LogP contribution in [0.5, 0.6) is 0 Å². The summed E-state index contributed by atoms with van der Waals surface area (Å²) >= 11 is 0.